The maximum absolute atomic E-state index is 12.8. The lowest BCUT2D eigenvalue weighted by Crippen LogP contribution is -2.14. The first-order chi connectivity index (χ1) is 11.6. The highest BCUT2D eigenvalue weighted by Crippen LogP contribution is 2.24. The minimum absolute atomic E-state index is 0.137. The van der Waals surface area contributed by atoms with Crippen LogP contribution in [0.5, 0.6) is 0 Å². The molecule has 124 valence electrons. The van der Waals surface area contributed by atoms with Gasteiger partial charge in [-0.25, -0.2) is 9.97 Å². The lowest BCUT2D eigenvalue weighted by Gasteiger charge is -2.10. The van der Waals surface area contributed by atoms with Crippen molar-refractivity contribution in [2.24, 2.45) is 0 Å². The zero-order chi connectivity index (χ0) is 17.1. The Labute approximate surface area is 145 Å². The molecule has 6 heteroatoms. The molecule has 0 bridgehead atoms. The van der Waals surface area contributed by atoms with Gasteiger partial charge in [-0.05, 0) is 33.1 Å². The first kappa shape index (κ1) is 16.6. The molecule has 2 aromatic heterocycles. The van der Waals surface area contributed by atoms with E-state index in [4.69, 9.17) is 11.6 Å². The molecule has 0 N–H and O–H groups in total. The number of hydrogen-bond donors (Lipinski definition) is 0. The van der Waals surface area contributed by atoms with Crippen LogP contribution in [0, 0.1) is 0 Å². The molecule has 5 nitrogen and oxygen atoms in total. The van der Waals surface area contributed by atoms with E-state index < -0.39 is 0 Å². The van der Waals surface area contributed by atoms with Crippen molar-refractivity contribution < 1.29 is 4.79 Å². The monoisotopic (exact) mass is 342 g/mol. The molecule has 0 radical (unpaired) electrons. The smallest absolute Gasteiger partial charge is 0.213 e. The van der Waals surface area contributed by atoms with Gasteiger partial charge in [-0.2, -0.15) is 0 Å². The number of benzene rings is 1. The molecule has 0 aliphatic heterocycles. The molecule has 3 aromatic rings. The molecule has 24 heavy (non-hydrogen) atoms. The molecule has 0 amide bonds. The fourth-order valence-electron chi connectivity index (χ4n) is 2.77. The molecule has 0 saturated carbocycles. The standard InChI is InChI=1S/C18H19ClN4O/c1-22(2)8-5-9-23-11-14(13-6-3-4-7-16(13)23)18(24)15-10-17(19)21-12-20-15/h3-4,6-7,10-12H,5,8-9H2,1-2H3. The van der Waals surface area contributed by atoms with Crippen LogP contribution in [0.4, 0.5) is 0 Å². The van der Waals surface area contributed by atoms with Gasteiger partial charge in [-0.3, -0.25) is 4.79 Å². The molecule has 3 rings (SSSR count). The summed E-state index contributed by atoms with van der Waals surface area (Å²) in [5.41, 5.74) is 2.01. The topological polar surface area (TPSA) is 51.0 Å². The average molecular weight is 343 g/mol. The molecule has 2 heterocycles. The number of aromatic nitrogens is 3. The predicted molar refractivity (Wildman–Crippen MR) is 95.6 cm³/mol. The second-order valence-corrected chi connectivity index (χ2v) is 6.35. The Bertz CT molecular complexity index is 872. The van der Waals surface area contributed by atoms with E-state index in [1.165, 1.54) is 12.4 Å². The summed E-state index contributed by atoms with van der Waals surface area (Å²) in [4.78, 5) is 22.9. The predicted octanol–water partition coefficient (Wildman–Crippen LogP) is 3.27. The second-order valence-electron chi connectivity index (χ2n) is 5.97. The van der Waals surface area contributed by atoms with Gasteiger partial charge >= 0.3 is 0 Å². The van der Waals surface area contributed by atoms with E-state index in [1.54, 1.807) is 0 Å². The summed E-state index contributed by atoms with van der Waals surface area (Å²) in [6.07, 6.45) is 4.24. The Balaban J connectivity index is 1.97. The number of para-hydroxylation sites is 1. The molecule has 0 unspecified atom stereocenters. The maximum Gasteiger partial charge on any atom is 0.213 e. The first-order valence-corrected chi connectivity index (χ1v) is 8.19. The van der Waals surface area contributed by atoms with E-state index in [1.807, 2.05) is 30.5 Å². The van der Waals surface area contributed by atoms with Crippen molar-refractivity contribution in [2.45, 2.75) is 13.0 Å². The summed E-state index contributed by atoms with van der Waals surface area (Å²) < 4.78 is 2.13. The van der Waals surface area contributed by atoms with Crippen LogP contribution in [0.3, 0.4) is 0 Å². The summed E-state index contributed by atoms with van der Waals surface area (Å²) in [5.74, 6) is -0.137. The Morgan fingerprint density at radius 1 is 1.25 bits per heavy atom. The van der Waals surface area contributed by atoms with Crippen LogP contribution in [-0.2, 0) is 6.54 Å². The summed E-state index contributed by atoms with van der Waals surface area (Å²) in [5, 5.41) is 1.20. The molecular weight excluding hydrogens is 324 g/mol. The van der Waals surface area contributed by atoms with Crippen LogP contribution in [0.2, 0.25) is 5.15 Å². The van der Waals surface area contributed by atoms with Gasteiger partial charge < -0.3 is 9.47 Å². The third kappa shape index (κ3) is 3.47. The van der Waals surface area contributed by atoms with Crippen LogP contribution < -0.4 is 0 Å². The average Bonchev–Trinajstić information content (AvgIpc) is 2.93. The number of halogens is 1. The van der Waals surface area contributed by atoms with Gasteiger partial charge in [0.1, 0.15) is 17.2 Å². The Morgan fingerprint density at radius 3 is 2.79 bits per heavy atom. The molecular formula is C18H19ClN4O. The summed E-state index contributed by atoms with van der Waals surface area (Å²) in [6.45, 7) is 1.85. The van der Waals surface area contributed by atoms with E-state index >= 15 is 0 Å². The molecule has 1 aromatic carbocycles. The van der Waals surface area contributed by atoms with Gasteiger partial charge in [0.15, 0.2) is 0 Å². The zero-order valence-corrected chi connectivity index (χ0v) is 14.5. The quantitative estimate of drug-likeness (QED) is 0.509. The van der Waals surface area contributed by atoms with Crippen molar-refractivity contribution in [1.82, 2.24) is 19.4 Å². The SMILES string of the molecule is CN(C)CCCn1cc(C(=O)c2cc(Cl)ncn2)c2ccccc21. The van der Waals surface area contributed by atoms with Crippen LogP contribution in [0.25, 0.3) is 10.9 Å². The highest BCUT2D eigenvalue weighted by atomic mass is 35.5. The van der Waals surface area contributed by atoms with Gasteiger partial charge in [0.2, 0.25) is 5.78 Å². The van der Waals surface area contributed by atoms with Gasteiger partial charge in [-0.15, -0.1) is 0 Å². The minimum Gasteiger partial charge on any atom is -0.347 e. The minimum atomic E-state index is -0.137. The van der Waals surface area contributed by atoms with Gasteiger partial charge in [-0.1, -0.05) is 29.8 Å². The number of rotatable bonds is 6. The Morgan fingerprint density at radius 2 is 2.04 bits per heavy atom. The van der Waals surface area contributed by atoms with E-state index in [0.717, 1.165) is 30.4 Å². The van der Waals surface area contributed by atoms with Gasteiger partial charge in [0.25, 0.3) is 0 Å². The number of ketones is 1. The Kier molecular flexibility index (Phi) is 4.92. The van der Waals surface area contributed by atoms with Crippen molar-refractivity contribution in [1.29, 1.82) is 0 Å². The first-order valence-electron chi connectivity index (χ1n) is 7.81. The fourth-order valence-corrected chi connectivity index (χ4v) is 2.91. The fraction of sp³-hybridized carbons (Fsp3) is 0.278. The van der Waals surface area contributed by atoms with Crippen molar-refractivity contribution in [3.8, 4) is 0 Å². The van der Waals surface area contributed by atoms with Crippen LogP contribution >= 0.6 is 11.6 Å². The van der Waals surface area contributed by atoms with Crippen LogP contribution in [0.15, 0.2) is 42.9 Å². The van der Waals surface area contributed by atoms with Gasteiger partial charge in [0, 0.05) is 35.3 Å². The normalized spacial score (nSPS) is 11.3. The molecule has 0 saturated heterocycles. The Hall–Kier alpha value is -2.24. The van der Waals surface area contributed by atoms with Gasteiger partial charge in [0.05, 0.1) is 0 Å². The second kappa shape index (κ2) is 7.11. The number of nitrogens with zero attached hydrogens (tertiary/aromatic N) is 4. The highest BCUT2D eigenvalue weighted by molar-refractivity contribution is 6.30. The number of carbonyl (C=O) groups is 1. The van der Waals surface area contributed by atoms with E-state index in [2.05, 4.69) is 33.5 Å². The van der Waals surface area contributed by atoms with E-state index in [-0.39, 0.29) is 10.9 Å². The number of hydrogen-bond acceptors (Lipinski definition) is 4. The third-order valence-corrected chi connectivity index (χ3v) is 4.11. The van der Waals surface area contributed by atoms with Crippen LogP contribution in [0.1, 0.15) is 22.5 Å². The van der Waals surface area contributed by atoms with Crippen molar-refractivity contribution in [3.63, 3.8) is 0 Å². The maximum atomic E-state index is 12.8. The van der Waals surface area contributed by atoms with E-state index in [9.17, 15) is 4.79 Å². The largest absolute Gasteiger partial charge is 0.347 e. The molecule has 0 atom stereocenters. The van der Waals surface area contributed by atoms with Crippen molar-refractivity contribution >= 4 is 28.3 Å². The number of aryl methyl sites for hydroxylation is 1. The van der Waals surface area contributed by atoms with E-state index in [0.29, 0.717) is 11.3 Å². The molecule has 0 aliphatic rings. The van der Waals surface area contributed by atoms with Crippen molar-refractivity contribution in [2.75, 3.05) is 20.6 Å². The number of fused-ring (bicyclic) bond motifs is 1. The third-order valence-electron chi connectivity index (χ3n) is 3.90. The lowest BCUT2D eigenvalue weighted by molar-refractivity contribution is 0.103. The number of carbonyl (C=O) groups excluding carboxylic acids is 1. The summed E-state index contributed by atoms with van der Waals surface area (Å²) >= 11 is 5.88. The molecule has 0 aliphatic carbocycles. The highest BCUT2D eigenvalue weighted by Gasteiger charge is 2.18. The van der Waals surface area contributed by atoms with Crippen LogP contribution in [-0.4, -0.2) is 45.9 Å². The summed E-state index contributed by atoms with van der Waals surface area (Å²) in [7, 11) is 4.11. The molecule has 0 fully saturated rings. The summed E-state index contributed by atoms with van der Waals surface area (Å²) in [6, 6.07) is 9.43. The van der Waals surface area contributed by atoms with Crippen molar-refractivity contribution in [3.05, 3.63) is 59.3 Å². The molecule has 0 spiro atoms. The zero-order valence-electron chi connectivity index (χ0n) is 13.7. The lowest BCUT2D eigenvalue weighted by atomic mass is 10.1.